The number of nitrogens with zero attached hydrogens (tertiary/aromatic N) is 1. The van der Waals surface area contributed by atoms with Crippen LogP contribution < -0.4 is 14.8 Å². The van der Waals surface area contributed by atoms with Crippen LogP contribution in [0.3, 0.4) is 0 Å². The van der Waals surface area contributed by atoms with Crippen molar-refractivity contribution in [1.82, 2.24) is 4.90 Å². The quantitative estimate of drug-likeness (QED) is 0.776. The lowest BCUT2D eigenvalue weighted by molar-refractivity contribution is 0.0636. The highest BCUT2D eigenvalue weighted by molar-refractivity contribution is 6.22. The average Bonchev–Trinajstić information content (AvgIpc) is 2.91. The molecule has 0 radical (unpaired) electrons. The summed E-state index contributed by atoms with van der Waals surface area (Å²) in [4.78, 5) is 39.0. The molecule has 0 unspecified atom stereocenters. The van der Waals surface area contributed by atoms with E-state index < -0.39 is 5.91 Å². The summed E-state index contributed by atoms with van der Waals surface area (Å²) in [5.74, 6) is 0.0830. The van der Waals surface area contributed by atoms with Gasteiger partial charge in [0.15, 0.2) is 0 Å². The van der Waals surface area contributed by atoms with Crippen LogP contribution >= 0.6 is 0 Å². The second-order valence-corrected chi connectivity index (χ2v) is 6.90. The highest BCUT2D eigenvalue weighted by Gasteiger charge is 2.36. The van der Waals surface area contributed by atoms with Gasteiger partial charge < -0.3 is 14.8 Å². The molecular formula is C21H22N2O5. The zero-order valence-corrected chi connectivity index (χ0v) is 16.2. The van der Waals surface area contributed by atoms with Crippen molar-refractivity contribution in [3.63, 3.8) is 0 Å². The largest absolute Gasteiger partial charge is 0.497 e. The summed E-state index contributed by atoms with van der Waals surface area (Å²) in [5.41, 5.74) is 1.28. The molecule has 1 aliphatic rings. The molecule has 0 saturated carbocycles. The number of rotatable bonds is 6. The average molecular weight is 382 g/mol. The van der Waals surface area contributed by atoms with E-state index in [1.54, 1.807) is 18.2 Å². The van der Waals surface area contributed by atoms with Crippen molar-refractivity contribution in [3.8, 4) is 11.5 Å². The van der Waals surface area contributed by atoms with E-state index in [1.165, 1.54) is 37.3 Å². The van der Waals surface area contributed by atoms with Crippen molar-refractivity contribution >= 4 is 23.4 Å². The number of carbonyl (C=O) groups excluding carboxylic acids is 3. The van der Waals surface area contributed by atoms with Crippen molar-refractivity contribution in [1.29, 1.82) is 0 Å². The Morgan fingerprint density at radius 2 is 1.71 bits per heavy atom. The van der Waals surface area contributed by atoms with Gasteiger partial charge >= 0.3 is 0 Å². The second-order valence-electron chi connectivity index (χ2n) is 6.90. The molecule has 3 amide bonds. The third-order valence-electron chi connectivity index (χ3n) is 4.44. The van der Waals surface area contributed by atoms with Crippen LogP contribution in [0.2, 0.25) is 0 Å². The first-order valence-corrected chi connectivity index (χ1v) is 8.89. The van der Waals surface area contributed by atoms with Crippen LogP contribution in [0.5, 0.6) is 11.5 Å². The Labute approximate surface area is 163 Å². The van der Waals surface area contributed by atoms with E-state index in [1.807, 2.05) is 13.8 Å². The number of nitrogens with one attached hydrogen (secondary N) is 1. The van der Waals surface area contributed by atoms with Crippen molar-refractivity contribution in [3.05, 3.63) is 53.1 Å². The molecule has 0 fully saturated rings. The second kappa shape index (κ2) is 7.72. The fraction of sp³-hybridized carbons (Fsp3) is 0.286. The van der Waals surface area contributed by atoms with E-state index in [-0.39, 0.29) is 28.9 Å². The van der Waals surface area contributed by atoms with E-state index in [2.05, 4.69) is 5.32 Å². The van der Waals surface area contributed by atoms with Crippen LogP contribution in [-0.4, -0.2) is 43.4 Å². The molecule has 28 heavy (non-hydrogen) atoms. The molecule has 0 spiro atoms. The highest BCUT2D eigenvalue weighted by atomic mass is 16.5. The van der Waals surface area contributed by atoms with Gasteiger partial charge in [0.05, 0.1) is 31.0 Å². The lowest BCUT2D eigenvalue weighted by Gasteiger charge is -2.15. The number of carbonyl (C=O) groups is 3. The molecule has 1 aliphatic heterocycles. The molecule has 3 rings (SSSR count). The highest BCUT2D eigenvalue weighted by Crippen LogP contribution is 2.30. The topological polar surface area (TPSA) is 84.9 Å². The number of anilines is 1. The van der Waals surface area contributed by atoms with Crippen LogP contribution in [0.4, 0.5) is 5.69 Å². The van der Waals surface area contributed by atoms with Crippen LogP contribution in [0.25, 0.3) is 0 Å². The molecule has 2 aromatic carbocycles. The monoisotopic (exact) mass is 382 g/mol. The SMILES string of the molecule is COc1ccc(OC)c(NC(=O)c2ccc3c(c2)C(=O)N(CC(C)C)C3=O)c1. The number of ether oxygens (including phenoxy) is 2. The number of hydrogen-bond donors (Lipinski definition) is 1. The Hall–Kier alpha value is -3.35. The Balaban J connectivity index is 1.87. The predicted octanol–water partition coefficient (Wildman–Crippen LogP) is 3.21. The molecular weight excluding hydrogens is 360 g/mol. The van der Waals surface area contributed by atoms with Crippen molar-refractivity contribution < 1.29 is 23.9 Å². The first-order chi connectivity index (χ1) is 13.3. The smallest absolute Gasteiger partial charge is 0.261 e. The van der Waals surface area contributed by atoms with Gasteiger partial charge in [-0.25, -0.2) is 0 Å². The molecule has 0 atom stereocenters. The van der Waals surface area contributed by atoms with Gasteiger partial charge in [-0.2, -0.15) is 0 Å². The molecule has 1 heterocycles. The van der Waals surface area contributed by atoms with Crippen molar-refractivity contribution in [2.75, 3.05) is 26.1 Å². The number of imide groups is 1. The van der Waals surface area contributed by atoms with Crippen LogP contribution in [0, 0.1) is 5.92 Å². The first-order valence-electron chi connectivity index (χ1n) is 8.89. The Kier molecular flexibility index (Phi) is 5.35. The van der Waals surface area contributed by atoms with Crippen LogP contribution in [0.15, 0.2) is 36.4 Å². The first kappa shape index (κ1) is 19.4. The normalized spacial score (nSPS) is 13.0. The zero-order chi connectivity index (χ0) is 20.4. The third-order valence-corrected chi connectivity index (χ3v) is 4.44. The molecule has 1 N–H and O–H groups in total. The summed E-state index contributed by atoms with van der Waals surface area (Å²) in [7, 11) is 3.03. The Morgan fingerprint density at radius 1 is 1.00 bits per heavy atom. The molecule has 0 aromatic heterocycles. The lowest BCUT2D eigenvalue weighted by Crippen LogP contribution is -2.33. The number of fused-ring (bicyclic) bond motifs is 1. The van der Waals surface area contributed by atoms with Crippen molar-refractivity contribution in [2.24, 2.45) is 5.92 Å². The summed E-state index contributed by atoms with van der Waals surface area (Å²) >= 11 is 0. The number of benzene rings is 2. The minimum absolute atomic E-state index is 0.158. The minimum Gasteiger partial charge on any atom is -0.497 e. The maximum absolute atomic E-state index is 12.7. The number of hydrogen-bond acceptors (Lipinski definition) is 5. The number of methoxy groups -OCH3 is 2. The summed E-state index contributed by atoms with van der Waals surface area (Å²) in [6.07, 6.45) is 0. The molecule has 146 valence electrons. The van der Waals surface area contributed by atoms with E-state index in [0.717, 1.165) is 0 Å². The lowest BCUT2D eigenvalue weighted by atomic mass is 10.1. The van der Waals surface area contributed by atoms with Gasteiger partial charge in [-0.05, 0) is 36.2 Å². The van der Waals surface area contributed by atoms with E-state index >= 15 is 0 Å². The predicted molar refractivity (Wildman–Crippen MR) is 104 cm³/mol. The Bertz CT molecular complexity index is 952. The van der Waals surface area contributed by atoms with Gasteiger partial charge in [0.2, 0.25) is 0 Å². The van der Waals surface area contributed by atoms with Gasteiger partial charge in [-0.1, -0.05) is 13.8 Å². The molecule has 7 nitrogen and oxygen atoms in total. The third kappa shape index (κ3) is 3.55. The summed E-state index contributed by atoms with van der Waals surface area (Å²) < 4.78 is 10.4. The molecule has 7 heteroatoms. The van der Waals surface area contributed by atoms with Gasteiger partial charge in [0, 0.05) is 18.2 Å². The fourth-order valence-electron chi connectivity index (χ4n) is 3.07. The molecule has 0 bridgehead atoms. The standard InChI is InChI=1S/C21H22N2O5/c1-12(2)11-23-20(25)15-7-5-13(9-16(15)21(23)26)19(24)22-17-10-14(27-3)6-8-18(17)28-4/h5-10,12H,11H2,1-4H3,(H,22,24). The van der Waals surface area contributed by atoms with Gasteiger partial charge in [0.25, 0.3) is 17.7 Å². The molecule has 0 aliphatic carbocycles. The summed E-state index contributed by atoms with van der Waals surface area (Å²) in [5, 5.41) is 2.76. The van der Waals surface area contributed by atoms with Gasteiger partial charge in [-0.15, -0.1) is 0 Å². The summed E-state index contributed by atoms with van der Waals surface area (Å²) in [6, 6.07) is 9.56. The van der Waals surface area contributed by atoms with Crippen molar-refractivity contribution in [2.45, 2.75) is 13.8 Å². The fourth-order valence-corrected chi connectivity index (χ4v) is 3.07. The van der Waals surface area contributed by atoms with E-state index in [4.69, 9.17) is 9.47 Å². The van der Waals surface area contributed by atoms with Crippen LogP contribution in [-0.2, 0) is 0 Å². The zero-order valence-electron chi connectivity index (χ0n) is 16.2. The van der Waals surface area contributed by atoms with E-state index in [9.17, 15) is 14.4 Å². The molecule has 0 saturated heterocycles. The maximum atomic E-state index is 12.7. The minimum atomic E-state index is -0.420. The summed E-state index contributed by atoms with van der Waals surface area (Å²) in [6.45, 7) is 4.21. The maximum Gasteiger partial charge on any atom is 0.261 e. The molecule has 2 aromatic rings. The van der Waals surface area contributed by atoms with Crippen LogP contribution in [0.1, 0.15) is 44.9 Å². The van der Waals surface area contributed by atoms with E-state index in [0.29, 0.717) is 29.3 Å². The Morgan fingerprint density at radius 3 is 2.36 bits per heavy atom. The van der Waals surface area contributed by atoms with Gasteiger partial charge in [-0.3, -0.25) is 19.3 Å². The van der Waals surface area contributed by atoms with Gasteiger partial charge in [0.1, 0.15) is 11.5 Å². The number of amides is 3.